The zero-order valence-electron chi connectivity index (χ0n) is 11.0. The fourth-order valence-electron chi connectivity index (χ4n) is 2.11. The Morgan fingerprint density at radius 2 is 2.20 bits per heavy atom. The summed E-state index contributed by atoms with van der Waals surface area (Å²) in [6, 6.07) is 9.61. The Morgan fingerprint density at radius 1 is 1.35 bits per heavy atom. The van der Waals surface area contributed by atoms with Crippen LogP contribution in [0.1, 0.15) is 22.6 Å². The molecule has 1 N–H and O–H groups in total. The molecule has 0 atom stereocenters. The molecule has 0 spiro atoms. The molecule has 0 fully saturated rings. The molecule has 1 aromatic carbocycles. The van der Waals surface area contributed by atoms with Crippen LogP contribution in [-0.2, 0) is 24.2 Å². The van der Waals surface area contributed by atoms with Crippen LogP contribution in [0.3, 0.4) is 0 Å². The molecule has 4 nitrogen and oxygen atoms in total. The van der Waals surface area contributed by atoms with Crippen LogP contribution in [-0.4, -0.2) is 11.1 Å². The summed E-state index contributed by atoms with van der Waals surface area (Å²) in [6.07, 6.45) is 4.77. The number of anilines is 1. The Hall–Kier alpha value is -1.88. The van der Waals surface area contributed by atoms with E-state index in [4.69, 9.17) is 4.74 Å². The molecule has 0 bridgehead atoms. The number of hydrogen-bond acceptors (Lipinski definition) is 4. The summed E-state index contributed by atoms with van der Waals surface area (Å²) in [5, 5.41) is 3.33. The lowest BCUT2D eigenvalue weighted by molar-refractivity contribution is 0.155. The fraction of sp³-hybridized carbons (Fsp3) is 0.267. The predicted molar refractivity (Wildman–Crippen MR) is 78.7 cm³/mol. The molecule has 1 aliphatic carbocycles. The van der Waals surface area contributed by atoms with Crippen molar-refractivity contribution in [3.63, 3.8) is 0 Å². The average Bonchev–Trinajstić information content (AvgIpc) is 2.88. The van der Waals surface area contributed by atoms with Gasteiger partial charge in [-0.15, -0.1) is 11.3 Å². The standard InChI is InChI=1S/C15H15N2O2S/c18-15(19-10-11-6-2-1-3-7-11)17-14-16-12-8-4-5-9-13(12)20-14/h1-3,5-7H,4,8-10H2,(H,16,17,18). The smallest absolute Gasteiger partial charge is 0.413 e. The van der Waals surface area contributed by atoms with E-state index in [1.165, 1.54) is 16.2 Å². The zero-order valence-corrected chi connectivity index (χ0v) is 11.8. The average molecular weight is 287 g/mol. The topological polar surface area (TPSA) is 51.2 Å². The Kier molecular flexibility index (Phi) is 3.97. The number of aryl methyl sites for hydroxylation is 1. The number of ether oxygens (including phenoxy) is 1. The summed E-state index contributed by atoms with van der Waals surface area (Å²) < 4.78 is 5.17. The van der Waals surface area contributed by atoms with Crippen molar-refractivity contribution in [3.8, 4) is 0 Å². The first kappa shape index (κ1) is 13.1. The largest absolute Gasteiger partial charge is 0.444 e. The molecular formula is C15H15N2O2S. The molecule has 5 heteroatoms. The molecular weight excluding hydrogens is 272 g/mol. The molecule has 1 radical (unpaired) electrons. The van der Waals surface area contributed by atoms with Crippen LogP contribution >= 0.6 is 11.3 Å². The number of benzene rings is 1. The zero-order chi connectivity index (χ0) is 13.8. The Labute approximate surface area is 121 Å². The van der Waals surface area contributed by atoms with Gasteiger partial charge in [0.15, 0.2) is 5.13 Å². The van der Waals surface area contributed by atoms with Gasteiger partial charge in [-0.1, -0.05) is 30.3 Å². The number of nitrogens with one attached hydrogen (secondary N) is 1. The van der Waals surface area contributed by atoms with Gasteiger partial charge in [-0.3, -0.25) is 5.32 Å². The van der Waals surface area contributed by atoms with Gasteiger partial charge in [0.2, 0.25) is 0 Å². The van der Waals surface area contributed by atoms with Gasteiger partial charge >= 0.3 is 6.09 Å². The normalized spacial score (nSPS) is 13.6. The second-order valence-corrected chi connectivity index (χ2v) is 5.69. The summed E-state index contributed by atoms with van der Waals surface area (Å²) in [7, 11) is 0. The minimum atomic E-state index is -0.455. The summed E-state index contributed by atoms with van der Waals surface area (Å²) in [6.45, 7) is 0.269. The fourth-order valence-corrected chi connectivity index (χ4v) is 3.10. The first-order valence-electron chi connectivity index (χ1n) is 6.59. The highest BCUT2D eigenvalue weighted by atomic mass is 32.1. The summed E-state index contributed by atoms with van der Waals surface area (Å²) in [4.78, 5) is 17.4. The maximum atomic E-state index is 11.7. The summed E-state index contributed by atoms with van der Waals surface area (Å²) >= 11 is 1.53. The van der Waals surface area contributed by atoms with Crippen LogP contribution in [0, 0.1) is 6.42 Å². The number of thiazole rings is 1. The molecule has 1 aromatic heterocycles. The number of amides is 1. The van der Waals surface area contributed by atoms with E-state index >= 15 is 0 Å². The number of carbonyl (C=O) groups is 1. The maximum Gasteiger partial charge on any atom is 0.413 e. The molecule has 0 saturated heterocycles. The van der Waals surface area contributed by atoms with Crippen molar-refractivity contribution in [2.45, 2.75) is 25.9 Å². The summed E-state index contributed by atoms with van der Waals surface area (Å²) in [5.41, 5.74) is 2.08. The molecule has 1 amide bonds. The van der Waals surface area contributed by atoms with E-state index in [2.05, 4.69) is 16.7 Å². The Morgan fingerprint density at radius 3 is 3.00 bits per heavy atom. The van der Waals surface area contributed by atoms with Gasteiger partial charge in [-0.2, -0.15) is 0 Å². The summed E-state index contributed by atoms with van der Waals surface area (Å²) in [5.74, 6) is 0. The van der Waals surface area contributed by atoms with Gasteiger partial charge in [-0.25, -0.2) is 9.78 Å². The number of rotatable bonds is 3. The Bertz CT molecular complexity index is 572. The molecule has 0 aliphatic heterocycles. The van der Waals surface area contributed by atoms with Crippen molar-refractivity contribution in [2.24, 2.45) is 0 Å². The number of aromatic nitrogens is 1. The second kappa shape index (κ2) is 6.05. The van der Waals surface area contributed by atoms with Gasteiger partial charge in [0.25, 0.3) is 0 Å². The third-order valence-corrected chi connectivity index (χ3v) is 4.15. The lowest BCUT2D eigenvalue weighted by Crippen LogP contribution is -2.13. The second-order valence-electron chi connectivity index (χ2n) is 4.61. The van der Waals surface area contributed by atoms with Crippen LogP contribution in [0.4, 0.5) is 9.93 Å². The van der Waals surface area contributed by atoms with E-state index in [9.17, 15) is 4.79 Å². The van der Waals surface area contributed by atoms with E-state index in [-0.39, 0.29) is 6.61 Å². The molecule has 1 aliphatic rings. The lowest BCUT2D eigenvalue weighted by atomic mass is 10.0. The third-order valence-electron chi connectivity index (χ3n) is 3.11. The van der Waals surface area contributed by atoms with Crippen molar-refractivity contribution in [2.75, 3.05) is 5.32 Å². The third kappa shape index (κ3) is 3.17. The van der Waals surface area contributed by atoms with Crippen molar-refractivity contribution >= 4 is 22.6 Å². The van der Waals surface area contributed by atoms with Crippen molar-refractivity contribution < 1.29 is 9.53 Å². The highest BCUT2D eigenvalue weighted by Gasteiger charge is 2.16. The predicted octanol–water partition coefficient (Wildman–Crippen LogP) is 3.58. The van der Waals surface area contributed by atoms with E-state index in [1.807, 2.05) is 30.3 Å². The Balaban J connectivity index is 1.55. The quantitative estimate of drug-likeness (QED) is 0.938. The van der Waals surface area contributed by atoms with Gasteiger partial charge in [0.05, 0.1) is 5.69 Å². The molecule has 103 valence electrons. The minimum Gasteiger partial charge on any atom is -0.444 e. The van der Waals surface area contributed by atoms with Gasteiger partial charge in [0, 0.05) is 4.88 Å². The first-order valence-corrected chi connectivity index (χ1v) is 7.41. The molecule has 0 saturated carbocycles. The maximum absolute atomic E-state index is 11.7. The molecule has 0 unspecified atom stereocenters. The van der Waals surface area contributed by atoms with Crippen LogP contribution in [0.2, 0.25) is 0 Å². The van der Waals surface area contributed by atoms with Gasteiger partial charge < -0.3 is 4.74 Å². The lowest BCUT2D eigenvalue weighted by Gasteiger charge is -2.06. The van der Waals surface area contributed by atoms with Crippen LogP contribution in [0.5, 0.6) is 0 Å². The highest BCUT2D eigenvalue weighted by molar-refractivity contribution is 7.15. The van der Waals surface area contributed by atoms with Crippen LogP contribution in [0.25, 0.3) is 0 Å². The number of fused-ring (bicyclic) bond motifs is 1. The van der Waals surface area contributed by atoms with E-state index in [0.717, 1.165) is 30.5 Å². The SMILES string of the molecule is O=C(Nc1nc2c(s1)C[CH]CC2)OCc1ccccc1. The van der Waals surface area contributed by atoms with E-state index in [0.29, 0.717) is 5.13 Å². The molecule has 3 rings (SSSR count). The van der Waals surface area contributed by atoms with Crippen molar-refractivity contribution in [3.05, 3.63) is 52.9 Å². The first-order chi connectivity index (χ1) is 9.81. The van der Waals surface area contributed by atoms with Crippen molar-refractivity contribution in [1.82, 2.24) is 4.98 Å². The molecule has 2 aromatic rings. The number of carbonyl (C=O) groups excluding carboxylic acids is 1. The van der Waals surface area contributed by atoms with Crippen LogP contribution < -0.4 is 5.32 Å². The highest BCUT2D eigenvalue weighted by Crippen LogP contribution is 2.29. The van der Waals surface area contributed by atoms with E-state index < -0.39 is 6.09 Å². The number of hydrogen-bond donors (Lipinski definition) is 1. The van der Waals surface area contributed by atoms with E-state index in [1.54, 1.807) is 0 Å². The minimum absolute atomic E-state index is 0.269. The molecule has 1 heterocycles. The van der Waals surface area contributed by atoms with Crippen molar-refractivity contribution in [1.29, 1.82) is 0 Å². The molecule has 20 heavy (non-hydrogen) atoms. The number of nitrogens with zero attached hydrogens (tertiary/aromatic N) is 1. The van der Waals surface area contributed by atoms with Crippen LogP contribution in [0.15, 0.2) is 30.3 Å². The van der Waals surface area contributed by atoms with Gasteiger partial charge in [-0.05, 0) is 31.2 Å². The monoisotopic (exact) mass is 287 g/mol. The van der Waals surface area contributed by atoms with Gasteiger partial charge in [0.1, 0.15) is 6.61 Å².